The first-order chi connectivity index (χ1) is 10.3. The molecule has 3 atom stereocenters. The van der Waals surface area contributed by atoms with Crippen LogP contribution in [0.5, 0.6) is 0 Å². The highest BCUT2D eigenvalue weighted by atomic mass is 32.2. The second-order valence-corrected chi connectivity index (χ2v) is 6.73. The van der Waals surface area contributed by atoms with E-state index in [0.717, 1.165) is 17.2 Å². The summed E-state index contributed by atoms with van der Waals surface area (Å²) in [6.45, 7) is 0. The van der Waals surface area contributed by atoms with Crippen LogP contribution < -0.4 is 5.32 Å². The number of halogens is 1. The van der Waals surface area contributed by atoms with E-state index in [-0.39, 0.29) is 5.82 Å². The molecule has 21 heavy (non-hydrogen) atoms. The molecule has 0 aliphatic carbocycles. The molecule has 0 amide bonds. The average molecular weight is 305 g/mol. The topological polar surface area (TPSA) is 51.0 Å². The minimum absolute atomic E-state index is 0.221. The Labute approximate surface area is 126 Å². The van der Waals surface area contributed by atoms with Crippen LogP contribution in [0.3, 0.4) is 0 Å². The third kappa shape index (κ3) is 2.70. The van der Waals surface area contributed by atoms with Gasteiger partial charge < -0.3 is 9.84 Å². The molecule has 1 aromatic heterocycles. The molecule has 2 aliphatic rings. The lowest BCUT2D eigenvalue weighted by atomic mass is 9.89. The lowest BCUT2D eigenvalue weighted by Gasteiger charge is -2.15. The van der Waals surface area contributed by atoms with E-state index in [0.29, 0.717) is 29.6 Å². The Balaban J connectivity index is 1.41. The van der Waals surface area contributed by atoms with Crippen LogP contribution in [0, 0.1) is 5.82 Å². The lowest BCUT2D eigenvalue weighted by molar-refractivity contribution is 0.327. The number of nitrogens with one attached hydrogen (secondary N) is 1. The van der Waals surface area contributed by atoms with E-state index < -0.39 is 0 Å². The molecule has 1 aromatic carbocycles. The van der Waals surface area contributed by atoms with E-state index >= 15 is 0 Å². The van der Waals surface area contributed by atoms with Crippen molar-refractivity contribution in [2.45, 2.75) is 47.9 Å². The van der Waals surface area contributed by atoms with Gasteiger partial charge in [-0.1, -0.05) is 11.2 Å². The number of nitrogens with zero attached hydrogens (tertiary/aromatic N) is 2. The zero-order valence-electron chi connectivity index (χ0n) is 11.5. The smallest absolute Gasteiger partial charge is 0.231 e. The van der Waals surface area contributed by atoms with Crippen molar-refractivity contribution >= 4 is 11.8 Å². The van der Waals surface area contributed by atoms with Crippen molar-refractivity contribution in [3.05, 3.63) is 41.8 Å². The van der Waals surface area contributed by atoms with Crippen molar-refractivity contribution in [1.82, 2.24) is 15.5 Å². The fourth-order valence-electron chi connectivity index (χ4n) is 3.28. The Morgan fingerprint density at radius 1 is 1.38 bits per heavy atom. The molecule has 2 fully saturated rings. The van der Waals surface area contributed by atoms with Gasteiger partial charge >= 0.3 is 0 Å². The molecule has 110 valence electrons. The predicted molar refractivity (Wildman–Crippen MR) is 77.6 cm³/mol. The molecule has 4 rings (SSSR count). The predicted octanol–water partition coefficient (Wildman–Crippen LogP) is 3.11. The van der Waals surface area contributed by atoms with Crippen molar-refractivity contribution < 1.29 is 8.91 Å². The Bertz CT molecular complexity index is 647. The van der Waals surface area contributed by atoms with E-state index in [2.05, 4.69) is 15.5 Å². The summed E-state index contributed by atoms with van der Waals surface area (Å²) < 4.78 is 18.5. The minimum Gasteiger partial charge on any atom is -0.339 e. The Morgan fingerprint density at radius 3 is 3.10 bits per heavy atom. The first-order valence-electron chi connectivity index (χ1n) is 7.25. The number of fused-ring (bicyclic) bond motifs is 2. The van der Waals surface area contributed by atoms with Crippen molar-refractivity contribution in [2.75, 3.05) is 0 Å². The van der Waals surface area contributed by atoms with Gasteiger partial charge in [-0.25, -0.2) is 4.39 Å². The monoisotopic (exact) mass is 305 g/mol. The highest BCUT2D eigenvalue weighted by molar-refractivity contribution is 7.98. The van der Waals surface area contributed by atoms with Crippen LogP contribution in [0.2, 0.25) is 0 Å². The second-order valence-electron chi connectivity index (χ2n) is 5.68. The molecule has 4 nitrogen and oxygen atoms in total. The molecule has 2 saturated heterocycles. The molecule has 2 aromatic rings. The summed E-state index contributed by atoms with van der Waals surface area (Å²) in [4.78, 5) is 5.39. The average Bonchev–Trinajstić information content (AvgIpc) is 3.21. The second kappa shape index (κ2) is 5.42. The van der Waals surface area contributed by atoms with Crippen LogP contribution >= 0.6 is 11.8 Å². The zero-order chi connectivity index (χ0) is 14.2. The summed E-state index contributed by atoms with van der Waals surface area (Å²) in [5.41, 5.74) is 0. The number of benzene rings is 1. The van der Waals surface area contributed by atoms with E-state index in [1.54, 1.807) is 6.07 Å². The summed E-state index contributed by atoms with van der Waals surface area (Å²) in [5.74, 6) is 2.18. The third-order valence-corrected chi connectivity index (χ3v) is 5.25. The number of hydrogen-bond acceptors (Lipinski definition) is 5. The van der Waals surface area contributed by atoms with Crippen LogP contribution in [-0.4, -0.2) is 22.2 Å². The molecular formula is C15H16FN3OS. The summed E-state index contributed by atoms with van der Waals surface area (Å²) in [7, 11) is 0. The fraction of sp³-hybridized carbons (Fsp3) is 0.467. The van der Waals surface area contributed by atoms with E-state index in [9.17, 15) is 4.39 Å². The maximum atomic E-state index is 13.1. The lowest BCUT2D eigenvalue weighted by Crippen LogP contribution is -2.21. The number of rotatable bonds is 4. The summed E-state index contributed by atoms with van der Waals surface area (Å²) >= 11 is 1.52. The molecule has 0 saturated carbocycles. The Hall–Kier alpha value is -1.40. The van der Waals surface area contributed by atoms with E-state index in [4.69, 9.17) is 4.52 Å². The van der Waals surface area contributed by atoms with Gasteiger partial charge in [0.2, 0.25) is 5.89 Å². The van der Waals surface area contributed by atoms with Gasteiger partial charge in [0.05, 0.1) is 11.7 Å². The van der Waals surface area contributed by atoms with Gasteiger partial charge in [0.25, 0.3) is 0 Å². The maximum absolute atomic E-state index is 13.1. The SMILES string of the molecule is Fc1cccc(SCc2noc(C3CC4CCC3N4)n2)c1. The van der Waals surface area contributed by atoms with Crippen LogP contribution in [0.15, 0.2) is 33.7 Å². The van der Waals surface area contributed by atoms with Crippen LogP contribution in [-0.2, 0) is 5.75 Å². The molecular weight excluding hydrogens is 289 g/mol. The van der Waals surface area contributed by atoms with Gasteiger partial charge in [-0.2, -0.15) is 4.98 Å². The first kappa shape index (κ1) is 13.3. The van der Waals surface area contributed by atoms with E-state index in [1.807, 2.05) is 6.07 Å². The fourth-order valence-corrected chi connectivity index (χ4v) is 4.06. The molecule has 3 unspecified atom stereocenters. The molecule has 3 heterocycles. The molecule has 0 radical (unpaired) electrons. The van der Waals surface area contributed by atoms with Gasteiger partial charge in [-0.05, 0) is 37.5 Å². The molecule has 0 spiro atoms. The molecule has 2 aliphatic heterocycles. The quantitative estimate of drug-likeness (QED) is 0.880. The first-order valence-corrected chi connectivity index (χ1v) is 8.23. The molecule has 6 heteroatoms. The van der Waals surface area contributed by atoms with Crippen molar-refractivity contribution in [3.63, 3.8) is 0 Å². The van der Waals surface area contributed by atoms with Gasteiger partial charge in [-0.15, -0.1) is 11.8 Å². The highest BCUT2D eigenvalue weighted by Gasteiger charge is 2.42. The zero-order valence-corrected chi connectivity index (χ0v) is 12.3. The normalized spacial score (nSPS) is 27.4. The molecule has 1 N–H and O–H groups in total. The summed E-state index contributed by atoms with van der Waals surface area (Å²) in [5, 5.41) is 7.63. The Kier molecular flexibility index (Phi) is 3.43. The summed E-state index contributed by atoms with van der Waals surface area (Å²) in [6, 6.07) is 7.68. The van der Waals surface area contributed by atoms with Crippen molar-refractivity contribution in [2.24, 2.45) is 0 Å². The number of thioether (sulfide) groups is 1. The minimum atomic E-state index is -0.221. The Morgan fingerprint density at radius 2 is 2.33 bits per heavy atom. The largest absolute Gasteiger partial charge is 0.339 e. The van der Waals surface area contributed by atoms with Crippen molar-refractivity contribution in [3.8, 4) is 0 Å². The maximum Gasteiger partial charge on any atom is 0.231 e. The van der Waals surface area contributed by atoms with Crippen molar-refractivity contribution in [1.29, 1.82) is 0 Å². The van der Waals surface area contributed by atoms with Crippen LogP contribution in [0.4, 0.5) is 4.39 Å². The van der Waals surface area contributed by atoms with Gasteiger partial charge in [0, 0.05) is 17.0 Å². The third-order valence-electron chi connectivity index (χ3n) is 4.27. The standard InChI is InChI=1S/C15H16FN3OS/c16-9-2-1-3-11(6-9)21-8-14-18-15(20-19-14)12-7-10-4-5-13(12)17-10/h1-3,6,10,12-13,17H,4-5,7-8H2. The number of hydrogen-bond donors (Lipinski definition) is 1. The van der Waals surface area contributed by atoms with Gasteiger partial charge in [-0.3, -0.25) is 0 Å². The highest BCUT2D eigenvalue weighted by Crippen LogP contribution is 2.39. The van der Waals surface area contributed by atoms with E-state index in [1.165, 1.54) is 36.7 Å². The molecule has 2 bridgehead atoms. The van der Waals surface area contributed by atoms with Gasteiger partial charge in [0.1, 0.15) is 5.82 Å². The number of aromatic nitrogens is 2. The van der Waals surface area contributed by atoms with Crippen LogP contribution in [0.25, 0.3) is 0 Å². The van der Waals surface area contributed by atoms with Gasteiger partial charge in [0.15, 0.2) is 5.82 Å². The summed E-state index contributed by atoms with van der Waals surface area (Å²) in [6.07, 6.45) is 3.56. The van der Waals surface area contributed by atoms with Crippen LogP contribution in [0.1, 0.15) is 36.9 Å².